The number of aliphatic hydroxyl groups is 6. The Morgan fingerprint density at radius 2 is 1.49 bits per heavy atom. The van der Waals surface area contributed by atoms with Gasteiger partial charge in [0.25, 0.3) is 0 Å². The van der Waals surface area contributed by atoms with Crippen LogP contribution in [-0.2, 0) is 28.5 Å². The topological polar surface area (TPSA) is 266 Å². The second-order valence-corrected chi connectivity index (χ2v) is 10.6. The molecule has 10 N–H and O–H groups in total. The molecule has 45 heavy (non-hydrogen) atoms. The van der Waals surface area contributed by atoms with E-state index in [2.05, 4.69) is 0 Å². The van der Waals surface area contributed by atoms with Gasteiger partial charge in [0.1, 0.15) is 55.4 Å². The number of rotatable bonds is 10. The summed E-state index contributed by atoms with van der Waals surface area (Å²) >= 11 is 0. The molecule has 2 aromatic rings. The number of aliphatic hydroxyl groups excluding tert-OH is 6. The van der Waals surface area contributed by atoms with Gasteiger partial charge < -0.3 is 74.7 Å². The zero-order valence-corrected chi connectivity index (χ0v) is 23.8. The second-order valence-electron chi connectivity index (χ2n) is 10.6. The van der Waals surface area contributed by atoms with Crippen LogP contribution in [0.3, 0.4) is 0 Å². The van der Waals surface area contributed by atoms with E-state index in [-0.39, 0.29) is 11.3 Å². The van der Waals surface area contributed by atoms with Crippen LogP contribution in [0.15, 0.2) is 42.5 Å². The maximum Gasteiger partial charge on any atom is 0.330 e. The second kappa shape index (κ2) is 14.7. The van der Waals surface area contributed by atoms with Crippen molar-refractivity contribution < 1.29 is 79.5 Å². The maximum atomic E-state index is 12.4. The Morgan fingerprint density at radius 3 is 2.16 bits per heavy atom. The first-order chi connectivity index (χ1) is 21.3. The van der Waals surface area contributed by atoms with E-state index in [4.69, 9.17) is 23.7 Å². The number of hydrogen-bond donors (Lipinski definition) is 10. The fraction of sp³-hybridized carbons (Fsp3) is 0.483. The lowest BCUT2D eigenvalue weighted by atomic mass is 9.97. The molecule has 11 atom stereocenters. The molecule has 0 saturated carbocycles. The predicted octanol–water partition coefficient (Wildman–Crippen LogP) is -1.53. The summed E-state index contributed by atoms with van der Waals surface area (Å²) in [6.07, 6.45) is -14.9. The molecule has 248 valence electrons. The Balaban J connectivity index is 1.47. The van der Waals surface area contributed by atoms with Crippen molar-refractivity contribution in [1.82, 2.24) is 0 Å². The van der Waals surface area contributed by atoms with Gasteiger partial charge in [0.15, 0.2) is 35.6 Å². The van der Waals surface area contributed by atoms with Gasteiger partial charge in [-0.25, -0.2) is 4.79 Å². The van der Waals surface area contributed by atoms with Crippen LogP contribution in [0.25, 0.3) is 6.08 Å². The van der Waals surface area contributed by atoms with Crippen LogP contribution in [0, 0.1) is 0 Å². The molecule has 0 aromatic heterocycles. The number of phenolic OH excluding ortho intramolecular Hbond substituents is 4. The van der Waals surface area contributed by atoms with Gasteiger partial charge in [0, 0.05) is 6.08 Å². The van der Waals surface area contributed by atoms with Gasteiger partial charge in [-0.1, -0.05) is 12.1 Å². The van der Waals surface area contributed by atoms with Crippen molar-refractivity contribution in [2.24, 2.45) is 0 Å². The lowest BCUT2D eigenvalue weighted by molar-refractivity contribution is -0.358. The van der Waals surface area contributed by atoms with Crippen molar-refractivity contribution in [3.05, 3.63) is 53.6 Å². The van der Waals surface area contributed by atoms with Crippen LogP contribution in [0.2, 0.25) is 0 Å². The summed E-state index contributed by atoms with van der Waals surface area (Å²) in [5.74, 6) is -2.58. The van der Waals surface area contributed by atoms with Gasteiger partial charge >= 0.3 is 5.97 Å². The highest BCUT2D eigenvalue weighted by molar-refractivity contribution is 5.87. The standard InChI is InChI=1S/C29H36O16/c1-12-22(36)24(38)25(39)29(43-12)45-27-23(37)20(11-41-21(35)7-3-13-2-5-15(30)17(32)8-13)44-28(26(27)40)42-10-19(34)14-4-6-16(31)18(33)9-14/h2-9,12,19-20,22-34,36-40H,10-11H2,1H3/t12-,19-,20+,22-,23+,24+,25+,26+,27-,28+,29-/m0/s1. The Labute approximate surface area is 256 Å². The van der Waals surface area contributed by atoms with Crippen LogP contribution in [0.1, 0.15) is 24.2 Å². The molecular formula is C29H36O16. The van der Waals surface area contributed by atoms with Crippen LogP contribution in [-0.4, -0.2) is 132 Å². The fourth-order valence-electron chi connectivity index (χ4n) is 4.67. The summed E-state index contributed by atoms with van der Waals surface area (Å²) in [6, 6.07) is 7.39. The van der Waals surface area contributed by atoms with Crippen molar-refractivity contribution in [3.63, 3.8) is 0 Å². The summed E-state index contributed by atoms with van der Waals surface area (Å²) in [7, 11) is 0. The molecule has 16 nitrogen and oxygen atoms in total. The lowest BCUT2D eigenvalue weighted by Crippen LogP contribution is -2.64. The molecule has 0 radical (unpaired) electrons. The van der Waals surface area contributed by atoms with Crippen LogP contribution in [0.4, 0.5) is 0 Å². The van der Waals surface area contributed by atoms with Gasteiger partial charge in [-0.15, -0.1) is 0 Å². The van der Waals surface area contributed by atoms with E-state index >= 15 is 0 Å². The smallest absolute Gasteiger partial charge is 0.330 e. The normalized spacial score (nSPS) is 32.8. The molecule has 2 heterocycles. The zero-order valence-electron chi connectivity index (χ0n) is 23.8. The van der Waals surface area contributed by atoms with Gasteiger partial charge in [0.2, 0.25) is 0 Å². The van der Waals surface area contributed by atoms with E-state index in [9.17, 15) is 55.9 Å². The number of carbonyl (C=O) groups is 1. The SMILES string of the molecule is C[C@@H]1O[C@@H](O[C@@H]2[C@@H](O)[C@H](OC[C@H](O)c3ccc(O)c(O)c3)O[C@H](COC(=O)C=Cc3ccc(O)c(O)c3)[C@H]2O)[C@H](O)[C@H](O)[C@H]1O. The third-order valence-electron chi connectivity index (χ3n) is 7.35. The van der Waals surface area contributed by atoms with E-state index < -0.39 is 104 Å². The van der Waals surface area contributed by atoms with Gasteiger partial charge in [0.05, 0.1) is 12.7 Å². The number of benzene rings is 2. The third-order valence-corrected chi connectivity index (χ3v) is 7.35. The van der Waals surface area contributed by atoms with Gasteiger partial charge in [-0.2, -0.15) is 0 Å². The van der Waals surface area contributed by atoms with Crippen LogP contribution in [0.5, 0.6) is 23.0 Å². The van der Waals surface area contributed by atoms with E-state index in [0.29, 0.717) is 5.56 Å². The van der Waals surface area contributed by atoms with Crippen molar-refractivity contribution in [1.29, 1.82) is 0 Å². The lowest BCUT2D eigenvalue weighted by Gasteiger charge is -2.45. The zero-order chi connectivity index (χ0) is 33.0. The first kappa shape index (κ1) is 34.3. The van der Waals surface area contributed by atoms with E-state index in [1.165, 1.54) is 37.3 Å². The Morgan fingerprint density at radius 1 is 0.822 bits per heavy atom. The first-order valence-electron chi connectivity index (χ1n) is 13.8. The van der Waals surface area contributed by atoms with Crippen molar-refractivity contribution in [2.45, 2.75) is 74.4 Å². The molecule has 0 spiro atoms. The molecular weight excluding hydrogens is 604 g/mol. The number of aromatic hydroxyl groups is 4. The van der Waals surface area contributed by atoms with E-state index in [1.54, 1.807) is 0 Å². The largest absolute Gasteiger partial charge is 0.504 e. The molecule has 2 fully saturated rings. The fourth-order valence-corrected chi connectivity index (χ4v) is 4.67. The van der Waals surface area contributed by atoms with E-state index in [1.807, 2.05) is 0 Å². The molecule has 0 amide bonds. The Bertz CT molecular complexity index is 1340. The van der Waals surface area contributed by atoms with E-state index in [0.717, 1.165) is 18.2 Å². The minimum Gasteiger partial charge on any atom is -0.504 e. The summed E-state index contributed by atoms with van der Waals surface area (Å²) in [4.78, 5) is 12.4. The minimum atomic E-state index is -1.80. The maximum absolute atomic E-state index is 12.4. The summed E-state index contributed by atoms with van der Waals surface area (Å²) in [5, 5.41) is 101. The predicted molar refractivity (Wildman–Crippen MR) is 148 cm³/mol. The van der Waals surface area contributed by atoms with Gasteiger partial charge in [-0.05, 0) is 48.4 Å². The number of phenols is 4. The quantitative estimate of drug-likeness (QED) is 0.0802. The third kappa shape index (κ3) is 8.19. The average molecular weight is 641 g/mol. The summed E-state index contributed by atoms with van der Waals surface area (Å²) < 4.78 is 27.4. The number of esters is 1. The monoisotopic (exact) mass is 640 g/mol. The number of carbonyl (C=O) groups excluding carboxylic acids is 1. The minimum absolute atomic E-state index is 0.142. The highest BCUT2D eigenvalue weighted by Crippen LogP contribution is 2.32. The highest BCUT2D eigenvalue weighted by Gasteiger charge is 2.50. The van der Waals surface area contributed by atoms with Crippen molar-refractivity contribution in [2.75, 3.05) is 13.2 Å². The molecule has 0 aliphatic carbocycles. The molecule has 2 aliphatic heterocycles. The van der Waals surface area contributed by atoms with Crippen LogP contribution >= 0.6 is 0 Å². The van der Waals surface area contributed by atoms with Gasteiger partial charge in [-0.3, -0.25) is 0 Å². The first-order valence-corrected chi connectivity index (χ1v) is 13.8. The number of hydrogen-bond acceptors (Lipinski definition) is 16. The van der Waals surface area contributed by atoms with Crippen LogP contribution < -0.4 is 0 Å². The molecule has 0 unspecified atom stereocenters. The Kier molecular flexibility index (Phi) is 11.2. The summed E-state index contributed by atoms with van der Waals surface area (Å²) in [6.45, 7) is 0.252. The molecule has 0 bridgehead atoms. The summed E-state index contributed by atoms with van der Waals surface area (Å²) in [5.41, 5.74) is 0.497. The Hall–Kier alpha value is -3.55. The number of ether oxygens (including phenoxy) is 5. The molecule has 4 rings (SSSR count). The molecule has 2 saturated heterocycles. The average Bonchev–Trinajstić information content (AvgIpc) is 3.01. The van der Waals surface area contributed by atoms with Crippen molar-refractivity contribution in [3.8, 4) is 23.0 Å². The molecule has 2 aromatic carbocycles. The molecule has 2 aliphatic rings. The van der Waals surface area contributed by atoms with Crippen molar-refractivity contribution >= 4 is 12.0 Å². The highest BCUT2D eigenvalue weighted by atomic mass is 16.7. The molecule has 16 heteroatoms.